The molecule has 0 saturated heterocycles. The summed E-state index contributed by atoms with van der Waals surface area (Å²) >= 11 is 0. The zero-order valence-corrected chi connectivity index (χ0v) is 20.8. The molecule has 5 aromatic rings. The van der Waals surface area contributed by atoms with Gasteiger partial charge in [-0.15, -0.1) is 0 Å². The van der Waals surface area contributed by atoms with Crippen molar-refractivity contribution in [2.24, 2.45) is 0 Å². The number of nitrogen functional groups attached to an aromatic ring is 1. The molecule has 1 aliphatic heterocycles. The van der Waals surface area contributed by atoms with Crippen LogP contribution < -0.4 is 10.5 Å². The van der Waals surface area contributed by atoms with E-state index in [1.165, 1.54) is 12.1 Å². The molecule has 0 radical (unpaired) electrons. The van der Waals surface area contributed by atoms with Crippen LogP contribution >= 0.6 is 0 Å². The Morgan fingerprint density at radius 1 is 1.05 bits per heavy atom. The van der Waals surface area contributed by atoms with Crippen LogP contribution in [0, 0.1) is 5.82 Å². The number of esters is 1. The number of rotatable bonds is 5. The van der Waals surface area contributed by atoms with Crippen LogP contribution in [0.15, 0.2) is 71.4 Å². The summed E-state index contributed by atoms with van der Waals surface area (Å²) in [5, 5.41) is 7.64. The summed E-state index contributed by atoms with van der Waals surface area (Å²) in [5.74, 6) is 0.497. The molecule has 0 amide bonds. The van der Waals surface area contributed by atoms with E-state index in [9.17, 15) is 9.18 Å². The van der Waals surface area contributed by atoms with E-state index < -0.39 is 5.60 Å². The quantitative estimate of drug-likeness (QED) is 0.296. The molecule has 2 N–H and O–H groups in total. The van der Waals surface area contributed by atoms with Gasteiger partial charge < -0.3 is 19.8 Å². The second-order valence-electron chi connectivity index (χ2n) is 10.0. The number of ether oxygens (including phenoxy) is 2. The highest BCUT2D eigenvalue weighted by Crippen LogP contribution is 2.50. The van der Waals surface area contributed by atoms with Crippen molar-refractivity contribution >= 4 is 22.8 Å². The molecular weight excluding hydrogens is 501 g/mol. The van der Waals surface area contributed by atoms with Gasteiger partial charge >= 0.3 is 5.97 Å². The fourth-order valence-corrected chi connectivity index (χ4v) is 5.87. The van der Waals surface area contributed by atoms with Gasteiger partial charge in [0.25, 0.3) is 0 Å². The minimum absolute atomic E-state index is 0.00610. The molecule has 2 aliphatic rings. The molecule has 3 heterocycles. The van der Waals surface area contributed by atoms with Crippen LogP contribution in [0.2, 0.25) is 0 Å². The highest BCUT2D eigenvalue weighted by atomic mass is 19.1. The molecule has 196 valence electrons. The Labute approximate surface area is 222 Å². The van der Waals surface area contributed by atoms with E-state index in [0.717, 1.165) is 16.6 Å². The molecule has 3 aromatic carbocycles. The zero-order chi connectivity index (χ0) is 26.6. The van der Waals surface area contributed by atoms with Crippen molar-refractivity contribution in [2.75, 3.05) is 5.73 Å². The van der Waals surface area contributed by atoms with Crippen LogP contribution in [0.5, 0.6) is 5.75 Å². The van der Waals surface area contributed by atoms with Gasteiger partial charge in [0.15, 0.2) is 17.3 Å². The highest BCUT2D eigenvalue weighted by molar-refractivity contribution is 5.95. The van der Waals surface area contributed by atoms with Gasteiger partial charge in [0, 0.05) is 17.7 Å². The van der Waals surface area contributed by atoms with Gasteiger partial charge in [0.2, 0.25) is 0 Å². The molecule has 9 nitrogen and oxygen atoms in total. The Bertz CT molecular complexity index is 1710. The van der Waals surface area contributed by atoms with E-state index in [0.29, 0.717) is 60.6 Å². The van der Waals surface area contributed by atoms with Crippen molar-refractivity contribution in [2.45, 2.75) is 43.9 Å². The number of hydrogen-bond donors (Lipinski definition) is 1. The number of benzene rings is 3. The molecular formula is C29H24FN5O4. The van der Waals surface area contributed by atoms with Gasteiger partial charge in [-0.25, -0.2) is 18.8 Å². The van der Waals surface area contributed by atoms with Gasteiger partial charge in [-0.1, -0.05) is 36.4 Å². The third-order valence-corrected chi connectivity index (χ3v) is 7.74. The van der Waals surface area contributed by atoms with E-state index in [-0.39, 0.29) is 23.6 Å². The van der Waals surface area contributed by atoms with Gasteiger partial charge in [0.05, 0.1) is 16.6 Å². The molecule has 1 fully saturated rings. The summed E-state index contributed by atoms with van der Waals surface area (Å²) in [4.78, 5) is 17.6. The SMILES string of the molecule is Nc1nonc1-c1nc2cc(F)ccc2n1C1CCC2(CC1)OC(=O)c1cc(OCc3ccccc3)ccc12. The second-order valence-corrected chi connectivity index (χ2v) is 10.0. The van der Waals surface area contributed by atoms with Gasteiger partial charge in [-0.2, -0.15) is 0 Å². The van der Waals surface area contributed by atoms with Crippen LogP contribution in [0.25, 0.3) is 22.6 Å². The molecule has 1 spiro atoms. The lowest BCUT2D eigenvalue weighted by atomic mass is 9.77. The minimum atomic E-state index is -0.696. The number of anilines is 1. The van der Waals surface area contributed by atoms with Gasteiger partial charge in [-0.3, -0.25) is 0 Å². The van der Waals surface area contributed by atoms with Crippen LogP contribution in [-0.4, -0.2) is 25.8 Å². The topological polar surface area (TPSA) is 118 Å². The predicted octanol–water partition coefficient (Wildman–Crippen LogP) is 5.57. The Morgan fingerprint density at radius 3 is 2.64 bits per heavy atom. The first-order chi connectivity index (χ1) is 19.0. The third kappa shape index (κ3) is 3.91. The molecule has 39 heavy (non-hydrogen) atoms. The van der Waals surface area contributed by atoms with Crippen LogP contribution in [0.4, 0.5) is 10.2 Å². The minimum Gasteiger partial charge on any atom is -0.489 e. The van der Waals surface area contributed by atoms with E-state index in [2.05, 4.69) is 15.3 Å². The summed E-state index contributed by atoms with van der Waals surface area (Å²) in [6, 6.07) is 20.0. The van der Waals surface area contributed by atoms with Crippen molar-refractivity contribution in [3.8, 4) is 17.3 Å². The predicted molar refractivity (Wildman–Crippen MR) is 139 cm³/mol. The fourth-order valence-electron chi connectivity index (χ4n) is 5.87. The molecule has 1 saturated carbocycles. The van der Waals surface area contributed by atoms with Crippen molar-refractivity contribution in [3.05, 3.63) is 89.2 Å². The molecule has 10 heteroatoms. The molecule has 0 atom stereocenters. The van der Waals surface area contributed by atoms with Crippen LogP contribution in [0.1, 0.15) is 53.2 Å². The Hall–Kier alpha value is -4.73. The Morgan fingerprint density at radius 2 is 1.87 bits per heavy atom. The summed E-state index contributed by atoms with van der Waals surface area (Å²) in [7, 11) is 0. The number of carbonyl (C=O) groups is 1. The van der Waals surface area contributed by atoms with Crippen molar-refractivity contribution < 1.29 is 23.3 Å². The van der Waals surface area contributed by atoms with E-state index in [4.69, 9.17) is 19.8 Å². The third-order valence-electron chi connectivity index (χ3n) is 7.74. The highest BCUT2D eigenvalue weighted by Gasteiger charge is 2.48. The number of nitrogens with two attached hydrogens (primary N) is 1. The monoisotopic (exact) mass is 525 g/mol. The molecule has 1 aliphatic carbocycles. The number of halogens is 1. The maximum Gasteiger partial charge on any atom is 0.339 e. The van der Waals surface area contributed by atoms with Crippen molar-refractivity contribution in [1.29, 1.82) is 0 Å². The number of carbonyl (C=O) groups excluding carboxylic acids is 1. The van der Waals surface area contributed by atoms with Crippen molar-refractivity contribution in [1.82, 2.24) is 19.9 Å². The van der Waals surface area contributed by atoms with Crippen LogP contribution in [0.3, 0.4) is 0 Å². The lowest BCUT2D eigenvalue weighted by Gasteiger charge is -2.37. The molecule has 0 unspecified atom stereocenters. The van der Waals surface area contributed by atoms with E-state index in [1.54, 1.807) is 12.1 Å². The van der Waals surface area contributed by atoms with E-state index in [1.807, 2.05) is 47.0 Å². The molecule has 0 bridgehead atoms. The van der Waals surface area contributed by atoms with Gasteiger partial charge in [0.1, 0.15) is 23.8 Å². The standard InChI is InChI=1S/C29H24FN5O4/c30-18-6-9-24-23(14-18)32-27(25-26(31)34-39-33-25)35(24)19-10-12-29(13-11-19)22-8-7-20(15-21(22)28(36)38-29)37-16-17-4-2-1-3-5-17/h1-9,14-15,19H,10-13,16H2,(H2,31,34). The number of hydrogen-bond acceptors (Lipinski definition) is 8. The first kappa shape index (κ1) is 23.4. The smallest absolute Gasteiger partial charge is 0.339 e. The summed E-state index contributed by atoms with van der Waals surface area (Å²) in [5.41, 5.74) is 9.35. The maximum atomic E-state index is 14.0. The summed E-state index contributed by atoms with van der Waals surface area (Å²) in [6.07, 6.45) is 2.63. The number of aromatic nitrogens is 4. The molecule has 7 rings (SSSR count). The van der Waals surface area contributed by atoms with E-state index >= 15 is 0 Å². The summed E-state index contributed by atoms with van der Waals surface area (Å²) in [6.45, 7) is 0.415. The lowest BCUT2D eigenvalue weighted by molar-refractivity contribution is -0.0344. The number of fused-ring (bicyclic) bond motifs is 3. The molecule has 2 aromatic heterocycles. The largest absolute Gasteiger partial charge is 0.489 e. The number of imidazole rings is 1. The fraction of sp³-hybridized carbons (Fsp3) is 0.241. The Kier molecular flexibility index (Phi) is 5.36. The zero-order valence-electron chi connectivity index (χ0n) is 20.8. The first-order valence-corrected chi connectivity index (χ1v) is 12.8. The Balaban J connectivity index is 1.16. The normalized spacial score (nSPS) is 20.3. The average molecular weight is 526 g/mol. The first-order valence-electron chi connectivity index (χ1n) is 12.8. The maximum absolute atomic E-state index is 14.0. The van der Waals surface area contributed by atoms with Gasteiger partial charge in [-0.05, 0) is 65.8 Å². The summed E-state index contributed by atoms with van der Waals surface area (Å²) < 4.78 is 32.8. The number of nitrogens with zero attached hydrogens (tertiary/aromatic N) is 4. The van der Waals surface area contributed by atoms with Crippen molar-refractivity contribution in [3.63, 3.8) is 0 Å². The van der Waals surface area contributed by atoms with Crippen LogP contribution in [-0.2, 0) is 16.9 Å². The average Bonchev–Trinajstić information content (AvgIpc) is 3.62. The lowest BCUT2D eigenvalue weighted by Crippen LogP contribution is -2.33. The second kappa shape index (κ2) is 8.93.